The largest absolute Gasteiger partial charge is 0.0725 e. The molecule has 13 rings (SSSR count). The van der Waals surface area contributed by atoms with Crippen LogP contribution in [-0.2, 0) is 5.41 Å². The topological polar surface area (TPSA) is 0 Å². The number of fused-ring (bicyclic) bond motifs is 13. The summed E-state index contributed by atoms with van der Waals surface area (Å²) in [5.41, 5.74) is 20.2. The fourth-order valence-corrected chi connectivity index (χ4v) is 11.1. The SMILES string of the molecule is c1ccc(-c2ccc3c(c2)C2(c4ccccc4-c4ccccc42)c2cc(-c4cccc(-c5c6ccccc6c(-c6ccc7ccccc7c6)c6ccccc56)c4)ccc2-3)cc1. The Labute approximate surface area is 355 Å². The molecule has 0 heteroatoms. The van der Waals surface area contributed by atoms with Crippen molar-refractivity contribution >= 4 is 32.3 Å². The van der Waals surface area contributed by atoms with Gasteiger partial charge in [0, 0.05) is 0 Å². The molecule has 0 amide bonds. The maximum absolute atomic E-state index is 2.51. The van der Waals surface area contributed by atoms with Crippen molar-refractivity contribution in [2.75, 3.05) is 0 Å². The van der Waals surface area contributed by atoms with Crippen LogP contribution in [0.5, 0.6) is 0 Å². The van der Waals surface area contributed by atoms with Gasteiger partial charge in [0.25, 0.3) is 0 Å². The van der Waals surface area contributed by atoms with E-state index in [4.69, 9.17) is 0 Å². The summed E-state index contributed by atoms with van der Waals surface area (Å²) in [4.78, 5) is 0. The van der Waals surface area contributed by atoms with E-state index in [9.17, 15) is 0 Å². The third-order valence-electron chi connectivity index (χ3n) is 13.7. The third-order valence-corrected chi connectivity index (χ3v) is 13.7. The summed E-state index contributed by atoms with van der Waals surface area (Å²) in [5.74, 6) is 0. The Morgan fingerprint density at radius 3 is 1.23 bits per heavy atom. The van der Waals surface area contributed by atoms with Crippen LogP contribution in [0.2, 0.25) is 0 Å². The number of hydrogen-bond donors (Lipinski definition) is 0. The number of benzene rings is 11. The van der Waals surface area contributed by atoms with Gasteiger partial charge in [-0.1, -0.05) is 206 Å². The van der Waals surface area contributed by atoms with Crippen LogP contribution in [0.1, 0.15) is 22.3 Å². The third kappa shape index (κ3) is 4.88. The molecular formula is C61H38. The fourth-order valence-electron chi connectivity index (χ4n) is 11.1. The molecule has 0 nitrogen and oxygen atoms in total. The molecule has 0 saturated heterocycles. The molecule has 1 spiro atoms. The van der Waals surface area contributed by atoms with E-state index in [1.165, 1.54) is 121 Å². The first-order valence-corrected chi connectivity index (χ1v) is 21.3. The van der Waals surface area contributed by atoms with E-state index in [1.54, 1.807) is 0 Å². The molecule has 0 aromatic heterocycles. The molecule has 0 heterocycles. The summed E-state index contributed by atoms with van der Waals surface area (Å²) < 4.78 is 0. The summed E-state index contributed by atoms with van der Waals surface area (Å²) in [7, 11) is 0. The second-order valence-electron chi connectivity index (χ2n) is 16.7. The van der Waals surface area contributed by atoms with E-state index < -0.39 is 5.41 Å². The standard InChI is InChI=1S/C61H38/c1-2-15-39(16-3-1)43-31-33-49-50-34-32-44(38-58(50)61(57(49)37-43)55-27-12-10-21-47(55)48-22-11-13-28-56(48)61)42-19-14-20-45(36-42)59-51-23-6-8-25-53(51)60(54-26-9-7-24-52(54)59)46-30-29-40-17-4-5-18-41(40)35-46/h1-38H. The van der Waals surface area contributed by atoms with E-state index >= 15 is 0 Å². The van der Waals surface area contributed by atoms with E-state index in [0.717, 1.165) is 0 Å². The minimum absolute atomic E-state index is 0.443. The van der Waals surface area contributed by atoms with Gasteiger partial charge in [-0.25, -0.2) is 0 Å². The lowest BCUT2D eigenvalue weighted by Crippen LogP contribution is -2.26. The summed E-state index contributed by atoms with van der Waals surface area (Å²) in [6.07, 6.45) is 0. The Hall–Kier alpha value is -7.80. The Morgan fingerprint density at radius 1 is 0.213 bits per heavy atom. The van der Waals surface area contributed by atoms with Crippen LogP contribution in [-0.4, -0.2) is 0 Å². The first-order chi connectivity index (χ1) is 30.3. The zero-order valence-electron chi connectivity index (χ0n) is 33.4. The molecule has 0 aliphatic heterocycles. The van der Waals surface area contributed by atoms with Crippen molar-refractivity contribution in [3.05, 3.63) is 253 Å². The Kier molecular flexibility index (Phi) is 7.32. The van der Waals surface area contributed by atoms with Crippen molar-refractivity contribution in [3.63, 3.8) is 0 Å². The lowest BCUT2D eigenvalue weighted by atomic mass is 9.70. The minimum Gasteiger partial charge on any atom is -0.0622 e. The molecule has 2 aliphatic rings. The van der Waals surface area contributed by atoms with Crippen LogP contribution in [0.25, 0.3) is 99.1 Å². The van der Waals surface area contributed by atoms with Gasteiger partial charge in [-0.2, -0.15) is 0 Å². The first-order valence-electron chi connectivity index (χ1n) is 21.3. The maximum Gasteiger partial charge on any atom is 0.0725 e. The van der Waals surface area contributed by atoms with E-state index in [-0.39, 0.29) is 0 Å². The van der Waals surface area contributed by atoms with Crippen molar-refractivity contribution in [1.29, 1.82) is 0 Å². The van der Waals surface area contributed by atoms with Gasteiger partial charge in [0.05, 0.1) is 5.41 Å². The molecule has 0 fully saturated rings. The van der Waals surface area contributed by atoms with Crippen molar-refractivity contribution < 1.29 is 0 Å². The van der Waals surface area contributed by atoms with E-state index in [2.05, 4.69) is 231 Å². The second-order valence-corrected chi connectivity index (χ2v) is 16.7. The van der Waals surface area contributed by atoms with Crippen LogP contribution in [0.3, 0.4) is 0 Å². The van der Waals surface area contributed by atoms with Gasteiger partial charge in [0.15, 0.2) is 0 Å². The lowest BCUT2D eigenvalue weighted by molar-refractivity contribution is 0.794. The highest BCUT2D eigenvalue weighted by atomic mass is 14.5. The van der Waals surface area contributed by atoms with Crippen molar-refractivity contribution in [1.82, 2.24) is 0 Å². The molecule has 0 atom stereocenters. The Morgan fingerprint density at radius 2 is 0.623 bits per heavy atom. The second kappa shape index (κ2) is 13.1. The van der Waals surface area contributed by atoms with Crippen molar-refractivity contribution in [3.8, 4) is 66.8 Å². The zero-order valence-corrected chi connectivity index (χ0v) is 33.4. The van der Waals surface area contributed by atoms with Gasteiger partial charge in [0.1, 0.15) is 0 Å². The average molecular weight is 771 g/mol. The molecule has 0 N–H and O–H groups in total. The van der Waals surface area contributed by atoms with Crippen LogP contribution in [0, 0.1) is 0 Å². The summed E-state index contributed by atoms with van der Waals surface area (Å²) in [6, 6.07) is 86.2. The molecule has 2 aliphatic carbocycles. The molecule has 11 aromatic rings. The van der Waals surface area contributed by atoms with Crippen LogP contribution < -0.4 is 0 Å². The van der Waals surface area contributed by atoms with Gasteiger partial charge in [-0.05, 0) is 146 Å². The number of hydrogen-bond acceptors (Lipinski definition) is 0. The predicted octanol–water partition coefficient (Wildman–Crippen LogP) is 16.2. The molecule has 61 heavy (non-hydrogen) atoms. The van der Waals surface area contributed by atoms with Gasteiger partial charge < -0.3 is 0 Å². The van der Waals surface area contributed by atoms with Gasteiger partial charge in [0.2, 0.25) is 0 Å². The molecule has 0 unspecified atom stereocenters. The fraction of sp³-hybridized carbons (Fsp3) is 0.0164. The smallest absolute Gasteiger partial charge is 0.0622 e. The average Bonchev–Trinajstić information content (AvgIpc) is 3.80. The van der Waals surface area contributed by atoms with Crippen molar-refractivity contribution in [2.45, 2.75) is 5.41 Å². The monoisotopic (exact) mass is 770 g/mol. The van der Waals surface area contributed by atoms with E-state index in [1.807, 2.05) is 0 Å². The lowest BCUT2D eigenvalue weighted by Gasteiger charge is -2.31. The van der Waals surface area contributed by atoms with E-state index in [0.29, 0.717) is 0 Å². The highest BCUT2D eigenvalue weighted by Gasteiger charge is 2.51. The van der Waals surface area contributed by atoms with Gasteiger partial charge in [-0.15, -0.1) is 0 Å². The van der Waals surface area contributed by atoms with Crippen LogP contribution in [0.4, 0.5) is 0 Å². The zero-order chi connectivity index (χ0) is 40.1. The molecule has 11 aromatic carbocycles. The predicted molar refractivity (Wildman–Crippen MR) is 257 cm³/mol. The summed E-state index contributed by atoms with van der Waals surface area (Å²) in [6.45, 7) is 0. The molecular weight excluding hydrogens is 733 g/mol. The Balaban J connectivity index is 1.02. The number of rotatable bonds is 4. The van der Waals surface area contributed by atoms with Crippen LogP contribution >= 0.6 is 0 Å². The van der Waals surface area contributed by atoms with Crippen LogP contribution in [0.15, 0.2) is 231 Å². The molecule has 0 saturated carbocycles. The molecule has 282 valence electrons. The molecule has 0 radical (unpaired) electrons. The van der Waals surface area contributed by atoms with Gasteiger partial charge >= 0.3 is 0 Å². The summed E-state index contributed by atoms with van der Waals surface area (Å²) in [5, 5.41) is 7.57. The molecule has 0 bridgehead atoms. The van der Waals surface area contributed by atoms with Gasteiger partial charge in [-0.3, -0.25) is 0 Å². The Bertz CT molecular complexity index is 3490. The normalized spacial score (nSPS) is 13.0. The maximum atomic E-state index is 2.51. The minimum atomic E-state index is -0.443. The highest BCUT2D eigenvalue weighted by molar-refractivity contribution is 6.22. The quantitative estimate of drug-likeness (QED) is 0.156. The van der Waals surface area contributed by atoms with Crippen molar-refractivity contribution in [2.24, 2.45) is 0 Å². The highest BCUT2D eigenvalue weighted by Crippen LogP contribution is 2.63. The first kappa shape index (κ1) is 34.1. The summed E-state index contributed by atoms with van der Waals surface area (Å²) >= 11 is 0.